The van der Waals surface area contributed by atoms with Crippen LogP contribution < -0.4 is 15.2 Å². The van der Waals surface area contributed by atoms with Crippen molar-refractivity contribution >= 4 is 17.8 Å². The van der Waals surface area contributed by atoms with Crippen molar-refractivity contribution in [1.29, 1.82) is 0 Å². The number of likely N-dealkylation sites (tertiary alicyclic amines) is 1. The Labute approximate surface area is 232 Å². The number of aliphatic imine (C=N–C) groups is 1. The lowest BCUT2D eigenvalue weighted by atomic mass is 9.73. The van der Waals surface area contributed by atoms with Crippen LogP contribution in [0.3, 0.4) is 0 Å². The van der Waals surface area contributed by atoms with Gasteiger partial charge in [-0.25, -0.2) is 4.99 Å². The molecule has 1 saturated heterocycles. The Hall–Kier alpha value is -2.77. The number of carbonyl (C=O) groups is 2. The molecule has 3 fully saturated rings. The minimum absolute atomic E-state index is 0.0176. The van der Waals surface area contributed by atoms with Crippen molar-refractivity contribution in [3.8, 4) is 11.5 Å². The Kier molecular flexibility index (Phi) is 7.72. The molecule has 6 rings (SSSR count). The van der Waals surface area contributed by atoms with Crippen LogP contribution in [0.25, 0.3) is 0 Å². The number of nitrogens with two attached hydrogens (primary N) is 1. The van der Waals surface area contributed by atoms with Crippen molar-refractivity contribution in [2.24, 2.45) is 28.5 Å². The first-order valence-corrected chi connectivity index (χ1v) is 15.4. The van der Waals surface area contributed by atoms with E-state index in [4.69, 9.17) is 20.2 Å². The summed E-state index contributed by atoms with van der Waals surface area (Å²) in [5, 5.41) is 0. The summed E-state index contributed by atoms with van der Waals surface area (Å²) in [4.78, 5) is 36.1. The van der Waals surface area contributed by atoms with Crippen LogP contribution in [0, 0.1) is 17.8 Å². The Morgan fingerprint density at radius 3 is 2.13 bits per heavy atom. The van der Waals surface area contributed by atoms with Gasteiger partial charge in [-0.2, -0.15) is 0 Å². The smallest absolute Gasteiger partial charge is 0.257 e. The normalized spacial score (nSPS) is 24.3. The fourth-order valence-corrected chi connectivity index (χ4v) is 7.74. The van der Waals surface area contributed by atoms with Gasteiger partial charge in [0.15, 0.2) is 17.5 Å². The Morgan fingerprint density at radius 2 is 1.49 bits per heavy atom. The monoisotopic (exact) mass is 536 g/mol. The highest BCUT2D eigenvalue weighted by Crippen LogP contribution is 2.42. The van der Waals surface area contributed by atoms with E-state index >= 15 is 0 Å². The van der Waals surface area contributed by atoms with Gasteiger partial charge in [-0.05, 0) is 61.6 Å². The minimum atomic E-state index is -0.663. The van der Waals surface area contributed by atoms with E-state index in [-0.39, 0.29) is 18.6 Å². The fraction of sp³-hybridized carbons (Fsp3) is 0.710. The molecule has 0 atom stereocenters. The SMILES string of the molecule is NC1=NC(CC2CCCCC2)(CC2CCCCC2)C(=O)N1CC1CCN(C(=O)c2ccc3c(c2)OCO3)CC1. The number of rotatable bonds is 7. The second-order valence-corrected chi connectivity index (χ2v) is 12.6. The van der Waals surface area contributed by atoms with Gasteiger partial charge in [0.05, 0.1) is 0 Å². The molecule has 8 heteroatoms. The number of hydrogen-bond donors (Lipinski definition) is 1. The average Bonchev–Trinajstić information content (AvgIpc) is 3.52. The lowest BCUT2D eigenvalue weighted by Crippen LogP contribution is -2.49. The third kappa shape index (κ3) is 5.62. The number of amides is 2. The molecule has 5 aliphatic rings. The van der Waals surface area contributed by atoms with E-state index in [1.54, 1.807) is 18.2 Å². The van der Waals surface area contributed by atoms with E-state index in [1.807, 2.05) is 9.80 Å². The molecular weight excluding hydrogens is 492 g/mol. The number of piperidine rings is 1. The maximum Gasteiger partial charge on any atom is 0.257 e. The molecule has 0 unspecified atom stereocenters. The quantitative estimate of drug-likeness (QED) is 0.523. The minimum Gasteiger partial charge on any atom is -0.454 e. The predicted octanol–water partition coefficient (Wildman–Crippen LogP) is 5.10. The van der Waals surface area contributed by atoms with E-state index in [1.165, 1.54) is 64.2 Å². The summed E-state index contributed by atoms with van der Waals surface area (Å²) in [6.07, 6.45) is 16.0. The first-order valence-electron chi connectivity index (χ1n) is 15.4. The zero-order valence-corrected chi connectivity index (χ0v) is 23.2. The molecule has 2 amide bonds. The van der Waals surface area contributed by atoms with Crippen LogP contribution in [-0.2, 0) is 4.79 Å². The highest BCUT2D eigenvalue weighted by molar-refractivity contribution is 6.06. The number of guanidine groups is 1. The standard InChI is InChI=1S/C31H44N4O4/c32-30-33-31(18-22-7-3-1-4-8-22,19-23-9-5-2-6-10-23)29(37)35(30)20-24-13-15-34(16-14-24)28(36)25-11-12-26-27(17-25)39-21-38-26/h11-12,17,22-24H,1-10,13-16,18-21H2,(H2,32,33). The Bertz CT molecular complexity index is 1060. The van der Waals surface area contributed by atoms with E-state index in [0.29, 0.717) is 60.4 Å². The summed E-state index contributed by atoms with van der Waals surface area (Å²) in [5.41, 5.74) is 6.50. The largest absolute Gasteiger partial charge is 0.454 e. The molecular formula is C31H44N4O4. The molecule has 3 heterocycles. The molecule has 1 aromatic rings. The van der Waals surface area contributed by atoms with Gasteiger partial charge in [0.25, 0.3) is 11.8 Å². The molecule has 212 valence electrons. The third-order valence-electron chi connectivity index (χ3n) is 9.91. The van der Waals surface area contributed by atoms with Crippen molar-refractivity contribution in [3.63, 3.8) is 0 Å². The molecule has 0 aromatic heterocycles. The highest BCUT2D eigenvalue weighted by atomic mass is 16.7. The fourth-order valence-electron chi connectivity index (χ4n) is 7.74. The van der Waals surface area contributed by atoms with Crippen molar-refractivity contribution in [1.82, 2.24) is 9.80 Å². The molecule has 0 radical (unpaired) electrons. The summed E-state index contributed by atoms with van der Waals surface area (Å²) in [6.45, 7) is 2.15. The van der Waals surface area contributed by atoms with Gasteiger partial charge in [0, 0.05) is 25.2 Å². The van der Waals surface area contributed by atoms with Crippen LogP contribution in [0.15, 0.2) is 23.2 Å². The number of fused-ring (bicyclic) bond motifs is 1. The number of ether oxygens (including phenoxy) is 2. The predicted molar refractivity (Wildman–Crippen MR) is 150 cm³/mol. The van der Waals surface area contributed by atoms with E-state index in [0.717, 1.165) is 25.7 Å². The van der Waals surface area contributed by atoms with E-state index in [9.17, 15) is 9.59 Å². The average molecular weight is 537 g/mol. The second-order valence-electron chi connectivity index (χ2n) is 12.6. The first-order chi connectivity index (χ1) is 19.0. The summed E-state index contributed by atoms with van der Waals surface area (Å²) in [6, 6.07) is 5.38. The lowest BCUT2D eigenvalue weighted by molar-refractivity contribution is -0.133. The lowest BCUT2D eigenvalue weighted by Gasteiger charge is -2.37. The number of nitrogens with zero attached hydrogens (tertiary/aromatic N) is 3. The zero-order chi connectivity index (χ0) is 26.8. The number of hydrogen-bond acceptors (Lipinski definition) is 6. The van der Waals surface area contributed by atoms with E-state index < -0.39 is 5.54 Å². The second kappa shape index (κ2) is 11.4. The summed E-state index contributed by atoms with van der Waals surface area (Å²) < 4.78 is 10.8. The molecule has 2 aliphatic carbocycles. The molecule has 3 aliphatic heterocycles. The van der Waals surface area contributed by atoms with Gasteiger partial charge in [-0.3, -0.25) is 14.5 Å². The van der Waals surface area contributed by atoms with Crippen LogP contribution in [0.2, 0.25) is 0 Å². The molecule has 39 heavy (non-hydrogen) atoms. The van der Waals surface area contributed by atoms with Crippen LogP contribution >= 0.6 is 0 Å². The number of carbonyl (C=O) groups excluding carboxylic acids is 2. The number of benzene rings is 1. The van der Waals surface area contributed by atoms with Crippen molar-refractivity contribution in [3.05, 3.63) is 23.8 Å². The van der Waals surface area contributed by atoms with Gasteiger partial charge >= 0.3 is 0 Å². The highest BCUT2D eigenvalue weighted by Gasteiger charge is 2.50. The van der Waals surface area contributed by atoms with Gasteiger partial charge in [-0.1, -0.05) is 64.2 Å². The first kappa shape index (κ1) is 26.5. The van der Waals surface area contributed by atoms with Crippen LogP contribution in [0.5, 0.6) is 11.5 Å². The van der Waals surface area contributed by atoms with Crippen molar-refractivity contribution < 1.29 is 19.1 Å². The molecule has 8 nitrogen and oxygen atoms in total. The third-order valence-corrected chi connectivity index (χ3v) is 9.91. The van der Waals surface area contributed by atoms with E-state index in [2.05, 4.69) is 0 Å². The van der Waals surface area contributed by atoms with Gasteiger partial charge in [-0.15, -0.1) is 0 Å². The van der Waals surface area contributed by atoms with Gasteiger partial charge in [0.2, 0.25) is 6.79 Å². The molecule has 0 bridgehead atoms. The molecule has 1 aromatic carbocycles. The molecule has 2 N–H and O–H groups in total. The van der Waals surface area contributed by atoms with Crippen LogP contribution in [0.4, 0.5) is 0 Å². The van der Waals surface area contributed by atoms with Gasteiger partial charge in [0.1, 0.15) is 5.54 Å². The summed E-state index contributed by atoms with van der Waals surface area (Å²) in [7, 11) is 0. The Morgan fingerprint density at radius 1 is 0.872 bits per heavy atom. The zero-order valence-electron chi connectivity index (χ0n) is 23.2. The van der Waals surface area contributed by atoms with Gasteiger partial charge < -0.3 is 20.1 Å². The van der Waals surface area contributed by atoms with Crippen molar-refractivity contribution in [2.45, 2.75) is 95.4 Å². The maximum atomic E-state index is 14.2. The summed E-state index contributed by atoms with van der Waals surface area (Å²) >= 11 is 0. The topological polar surface area (TPSA) is 97.5 Å². The van der Waals surface area contributed by atoms with Crippen LogP contribution in [0.1, 0.15) is 100 Å². The van der Waals surface area contributed by atoms with Crippen molar-refractivity contribution in [2.75, 3.05) is 26.4 Å². The molecule has 0 spiro atoms. The summed E-state index contributed by atoms with van der Waals surface area (Å²) in [5.74, 6) is 3.36. The van der Waals surface area contributed by atoms with Crippen LogP contribution in [-0.4, -0.2) is 59.5 Å². The maximum absolute atomic E-state index is 14.2. The Balaban J connectivity index is 1.09. The molecule has 2 saturated carbocycles.